The van der Waals surface area contributed by atoms with Crippen molar-refractivity contribution in [3.8, 4) is 11.3 Å². The third-order valence-corrected chi connectivity index (χ3v) is 5.87. The lowest BCUT2D eigenvalue weighted by Crippen LogP contribution is -2.23. The van der Waals surface area contributed by atoms with E-state index >= 15 is 0 Å². The lowest BCUT2D eigenvalue weighted by Gasteiger charge is -2.19. The Hall–Kier alpha value is -3.74. The number of nitrogens with zero attached hydrogens (tertiary/aromatic N) is 6. The average molecular weight is 429 g/mol. The number of aliphatic imine (C=N–C) groups is 1. The van der Waals surface area contributed by atoms with Crippen LogP contribution in [0.5, 0.6) is 0 Å². The molecule has 1 aliphatic rings. The van der Waals surface area contributed by atoms with E-state index < -0.39 is 0 Å². The smallest absolute Gasteiger partial charge is 0.154 e. The van der Waals surface area contributed by atoms with E-state index in [1.807, 2.05) is 47.9 Å². The van der Waals surface area contributed by atoms with Crippen LogP contribution in [0.1, 0.15) is 18.4 Å². The maximum absolute atomic E-state index is 13.5. The molecular weight excluding hydrogens is 403 g/mol. The Balaban J connectivity index is 1.42. The molecule has 0 saturated carbocycles. The SMILES string of the molecule is CN=C1CCCN1c1ccc(-c2cnc3ccc(N(C)Cc4cccc(F)c4)nn23)cc1. The molecule has 162 valence electrons. The van der Waals surface area contributed by atoms with Crippen molar-refractivity contribution in [1.29, 1.82) is 0 Å². The van der Waals surface area contributed by atoms with Gasteiger partial charge < -0.3 is 9.80 Å². The molecule has 1 saturated heterocycles. The van der Waals surface area contributed by atoms with E-state index in [1.165, 1.54) is 6.07 Å². The topological polar surface area (TPSA) is 49.0 Å². The number of halogens is 1. The second-order valence-corrected chi connectivity index (χ2v) is 8.03. The summed E-state index contributed by atoms with van der Waals surface area (Å²) in [5.41, 5.74) is 4.81. The second kappa shape index (κ2) is 8.42. The van der Waals surface area contributed by atoms with Gasteiger partial charge in [0.2, 0.25) is 0 Å². The van der Waals surface area contributed by atoms with E-state index in [0.717, 1.165) is 59.2 Å². The first kappa shape index (κ1) is 20.2. The molecule has 0 spiro atoms. The minimum atomic E-state index is -0.231. The fourth-order valence-corrected chi connectivity index (χ4v) is 4.24. The molecule has 2 aromatic heterocycles. The zero-order valence-electron chi connectivity index (χ0n) is 18.2. The van der Waals surface area contributed by atoms with Gasteiger partial charge in [-0.15, -0.1) is 5.10 Å². The molecule has 0 bridgehead atoms. The maximum Gasteiger partial charge on any atom is 0.154 e. The van der Waals surface area contributed by atoms with Crippen molar-refractivity contribution in [2.24, 2.45) is 4.99 Å². The van der Waals surface area contributed by atoms with E-state index in [9.17, 15) is 4.39 Å². The fourth-order valence-electron chi connectivity index (χ4n) is 4.24. The molecule has 2 aromatic carbocycles. The maximum atomic E-state index is 13.5. The number of imidazole rings is 1. The van der Waals surface area contributed by atoms with Crippen molar-refractivity contribution >= 4 is 23.0 Å². The van der Waals surface area contributed by atoms with Crippen LogP contribution in [0, 0.1) is 5.82 Å². The van der Waals surface area contributed by atoms with Gasteiger partial charge in [-0.2, -0.15) is 0 Å². The van der Waals surface area contributed by atoms with Crippen LogP contribution in [0.15, 0.2) is 71.9 Å². The molecule has 32 heavy (non-hydrogen) atoms. The van der Waals surface area contributed by atoms with E-state index in [0.29, 0.717) is 6.54 Å². The molecule has 7 heteroatoms. The summed E-state index contributed by atoms with van der Waals surface area (Å²) in [4.78, 5) is 13.2. The first-order chi connectivity index (χ1) is 15.6. The minimum absolute atomic E-state index is 0.231. The van der Waals surface area contributed by atoms with Gasteiger partial charge in [0.15, 0.2) is 5.65 Å². The lowest BCUT2D eigenvalue weighted by molar-refractivity contribution is 0.625. The third kappa shape index (κ3) is 3.82. The summed E-state index contributed by atoms with van der Waals surface area (Å²) in [7, 11) is 3.81. The molecule has 6 nitrogen and oxygen atoms in total. The Morgan fingerprint density at radius 3 is 2.72 bits per heavy atom. The predicted octanol–water partition coefficient (Wildman–Crippen LogP) is 4.80. The van der Waals surface area contributed by atoms with Gasteiger partial charge in [-0.05, 0) is 48.4 Å². The van der Waals surface area contributed by atoms with Crippen LogP contribution in [0.25, 0.3) is 16.9 Å². The van der Waals surface area contributed by atoms with Crippen LogP contribution in [0.4, 0.5) is 15.9 Å². The Morgan fingerprint density at radius 2 is 1.94 bits per heavy atom. The number of fused-ring (bicyclic) bond motifs is 1. The van der Waals surface area contributed by atoms with Crippen LogP contribution in [0.3, 0.4) is 0 Å². The highest BCUT2D eigenvalue weighted by molar-refractivity contribution is 5.99. The van der Waals surface area contributed by atoms with Gasteiger partial charge in [0.05, 0.1) is 11.9 Å². The Bertz CT molecular complexity index is 1280. The number of benzene rings is 2. The van der Waals surface area contributed by atoms with Crippen molar-refractivity contribution in [2.75, 3.05) is 30.4 Å². The van der Waals surface area contributed by atoms with Crippen LogP contribution in [0.2, 0.25) is 0 Å². The van der Waals surface area contributed by atoms with Crippen molar-refractivity contribution in [2.45, 2.75) is 19.4 Å². The molecular formula is C25H25FN6. The Morgan fingerprint density at radius 1 is 1.09 bits per heavy atom. The predicted molar refractivity (Wildman–Crippen MR) is 127 cm³/mol. The summed E-state index contributed by atoms with van der Waals surface area (Å²) < 4.78 is 15.4. The Kier molecular flexibility index (Phi) is 5.31. The van der Waals surface area contributed by atoms with E-state index in [1.54, 1.807) is 12.1 Å². The monoisotopic (exact) mass is 428 g/mol. The Labute approximate surface area is 186 Å². The van der Waals surface area contributed by atoms with Crippen LogP contribution < -0.4 is 9.80 Å². The number of hydrogen-bond acceptors (Lipinski definition) is 4. The summed E-state index contributed by atoms with van der Waals surface area (Å²) in [6.07, 6.45) is 4.02. The normalized spacial score (nSPS) is 15.1. The molecule has 1 fully saturated rings. The zero-order valence-corrected chi connectivity index (χ0v) is 18.2. The molecule has 0 amide bonds. The van der Waals surface area contributed by atoms with Crippen molar-refractivity contribution in [3.63, 3.8) is 0 Å². The average Bonchev–Trinajstić information content (AvgIpc) is 3.46. The molecule has 0 atom stereocenters. The number of amidine groups is 1. The van der Waals surface area contributed by atoms with Crippen molar-refractivity contribution < 1.29 is 4.39 Å². The standard InChI is InChI=1S/C25H25FN6/c1-27-23-7-4-14-31(23)21-10-8-19(9-11-21)22-16-28-24-12-13-25(29-32(22)24)30(2)17-18-5-3-6-20(26)15-18/h3,5-6,8-13,15-16H,4,7,14,17H2,1-2H3. The zero-order chi connectivity index (χ0) is 22.1. The lowest BCUT2D eigenvalue weighted by atomic mass is 10.1. The molecule has 4 aromatic rings. The van der Waals surface area contributed by atoms with E-state index in [-0.39, 0.29) is 5.82 Å². The van der Waals surface area contributed by atoms with Gasteiger partial charge in [-0.3, -0.25) is 4.99 Å². The summed E-state index contributed by atoms with van der Waals surface area (Å²) in [5.74, 6) is 1.70. The summed E-state index contributed by atoms with van der Waals surface area (Å²) in [6.45, 7) is 1.57. The molecule has 5 rings (SSSR count). The van der Waals surface area contributed by atoms with Gasteiger partial charge in [0.25, 0.3) is 0 Å². The number of hydrogen-bond donors (Lipinski definition) is 0. The van der Waals surface area contributed by atoms with Gasteiger partial charge in [-0.25, -0.2) is 13.9 Å². The molecule has 3 heterocycles. The fraction of sp³-hybridized carbons (Fsp3) is 0.240. The van der Waals surface area contributed by atoms with Crippen LogP contribution in [-0.4, -0.2) is 41.1 Å². The highest BCUT2D eigenvalue weighted by Crippen LogP contribution is 2.27. The van der Waals surface area contributed by atoms with Gasteiger partial charge in [-0.1, -0.05) is 24.3 Å². The van der Waals surface area contributed by atoms with Gasteiger partial charge in [0.1, 0.15) is 17.5 Å². The molecule has 0 aliphatic carbocycles. The molecule has 0 radical (unpaired) electrons. The van der Waals surface area contributed by atoms with Gasteiger partial charge >= 0.3 is 0 Å². The highest BCUT2D eigenvalue weighted by Gasteiger charge is 2.19. The van der Waals surface area contributed by atoms with Crippen LogP contribution in [-0.2, 0) is 6.54 Å². The van der Waals surface area contributed by atoms with Crippen molar-refractivity contribution in [3.05, 3.63) is 78.2 Å². The van der Waals surface area contributed by atoms with Crippen molar-refractivity contribution in [1.82, 2.24) is 14.6 Å². The van der Waals surface area contributed by atoms with E-state index in [2.05, 4.69) is 39.1 Å². The second-order valence-electron chi connectivity index (χ2n) is 8.03. The third-order valence-electron chi connectivity index (χ3n) is 5.87. The molecule has 1 aliphatic heterocycles. The van der Waals surface area contributed by atoms with E-state index in [4.69, 9.17) is 5.10 Å². The first-order valence-electron chi connectivity index (χ1n) is 10.8. The number of aromatic nitrogens is 3. The summed E-state index contributed by atoms with van der Waals surface area (Å²) >= 11 is 0. The summed E-state index contributed by atoms with van der Waals surface area (Å²) in [6, 6.07) is 19.0. The minimum Gasteiger partial charge on any atom is -0.354 e. The summed E-state index contributed by atoms with van der Waals surface area (Å²) in [5, 5.41) is 4.81. The van der Waals surface area contributed by atoms with Gasteiger partial charge in [0, 0.05) is 44.9 Å². The highest BCUT2D eigenvalue weighted by atomic mass is 19.1. The molecule has 0 unspecified atom stereocenters. The molecule has 0 N–H and O–H groups in total. The number of rotatable bonds is 5. The quantitative estimate of drug-likeness (QED) is 0.458. The largest absolute Gasteiger partial charge is 0.354 e. The first-order valence-corrected chi connectivity index (χ1v) is 10.8. The van der Waals surface area contributed by atoms with Crippen LogP contribution >= 0.6 is 0 Å². The number of anilines is 2.